The van der Waals surface area contributed by atoms with Gasteiger partial charge in [-0.15, -0.1) is 10.2 Å². The number of aromatic nitrogens is 3. The van der Waals surface area contributed by atoms with Gasteiger partial charge < -0.3 is 9.73 Å². The summed E-state index contributed by atoms with van der Waals surface area (Å²) in [6, 6.07) is 14.1. The molecule has 1 N–H and O–H groups in total. The zero-order valence-corrected chi connectivity index (χ0v) is 19.3. The third kappa shape index (κ3) is 5.35. The number of nitrogens with zero attached hydrogens (tertiary/aromatic N) is 3. The van der Waals surface area contributed by atoms with Crippen LogP contribution in [0.2, 0.25) is 0 Å². The van der Waals surface area contributed by atoms with E-state index in [1.807, 2.05) is 34.9 Å². The molecule has 1 fully saturated rings. The topological polar surface area (TPSA) is 73.0 Å². The molecule has 1 saturated carbocycles. The van der Waals surface area contributed by atoms with Gasteiger partial charge in [0, 0.05) is 6.04 Å². The largest absolute Gasteiger partial charge is 0.446 e. The zero-order chi connectivity index (χ0) is 20.9. The predicted octanol–water partition coefficient (Wildman–Crippen LogP) is 5.14. The molecule has 0 spiro atoms. The lowest BCUT2D eigenvalue weighted by atomic mass is 9.87. The van der Waals surface area contributed by atoms with E-state index in [0.717, 1.165) is 24.3 Å². The number of halogens is 1. The van der Waals surface area contributed by atoms with Gasteiger partial charge in [-0.3, -0.25) is 9.36 Å². The van der Waals surface area contributed by atoms with Crippen molar-refractivity contribution < 1.29 is 9.21 Å². The number of amides is 1. The van der Waals surface area contributed by atoms with Crippen LogP contribution in [0.4, 0.5) is 0 Å². The van der Waals surface area contributed by atoms with E-state index in [2.05, 4.69) is 50.5 Å². The highest BCUT2D eigenvalue weighted by Crippen LogP contribution is 2.28. The van der Waals surface area contributed by atoms with Gasteiger partial charge in [0.2, 0.25) is 11.7 Å². The molecule has 0 unspecified atom stereocenters. The van der Waals surface area contributed by atoms with Gasteiger partial charge in [0.15, 0.2) is 15.6 Å². The lowest BCUT2D eigenvalue weighted by Crippen LogP contribution is -2.38. The zero-order valence-electron chi connectivity index (χ0n) is 16.9. The highest BCUT2D eigenvalue weighted by atomic mass is 79.9. The fraction of sp³-hybridized carbons (Fsp3) is 0.409. The summed E-state index contributed by atoms with van der Waals surface area (Å²) < 4.78 is 8.34. The van der Waals surface area contributed by atoms with Crippen LogP contribution in [0, 0.1) is 5.92 Å². The molecule has 2 aromatic heterocycles. The number of thioether (sulfide) groups is 1. The highest BCUT2D eigenvalue weighted by molar-refractivity contribution is 9.10. The van der Waals surface area contributed by atoms with E-state index in [9.17, 15) is 4.79 Å². The quantitative estimate of drug-likeness (QED) is 0.466. The smallest absolute Gasteiger partial charge is 0.230 e. The molecule has 1 amide bonds. The molecule has 0 radical (unpaired) electrons. The van der Waals surface area contributed by atoms with Gasteiger partial charge in [0.25, 0.3) is 0 Å². The molecule has 30 heavy (non-hydrogen) atoms. The summed E-state index contributed by atoms with van der Waals surface area (Å²) >= 11 is 4.76. The van der Waals surface area contributed by atoms with Gasteiger partial charge in [-0.25, -0.2) is 0 Å². The van der Waals surface area contributed by atoms with Crippen LogP contribution >= 0.6 is 27.7 Å². The van der Waals surface area contributed by atoms with Crippen LogP contribution in [-0.4, -0.2) is 32.5 Å². The van der Waals surface area contributed by atoms with E-state index < -0.39 is 0 Å². The van der Waals surface area contributed by atoms with Gasteiger partial charge in [-0.2, -0.15) is 0 Å². The molecule has 158 valence electrons. The molecule has 1 aliphatic rings. The first-order chi connectivity index (χ1) is 14.6. The Bertz CT molecular complexity index is 980. The van der Waals surface area contributed by atoms with E-state index in [-0.39, 0.29) is 5.91 Å². The summed E-state index contributed by atoms with van der Waals surface area (Å²) in [7, 11) is 0. The summed E-state index contributed by atoms with van der Waals surface area (Å²) in [5, 5.41) is 12.6. The molecule has 3 aromatic rings. The minimum absolute atomic E-state index is 0.0520. The minimum Gasteiger partial charge on any atom is -0.446 e. The lowest BCUT2D eigenvalue weighted by Gasteiger charge is -2.26. The fourth-order valence-electron chi connectivity index (χ4n) is 3.72. The Morgan fingerprint density at radius 2 is 1.93 bits per heavy atom. The molecule has 1 aliphatic carbocycles. The van der Waals surface area contributed by atoms with Gasteiger partial charge in [0.05, 0.1) is 12.3 Å². The molecule has 1 aromatic carbocycles. The number of hydrogen-bond acceptors (Lipinski definition) is 5. The fourth-order valence-corrected chi connectivity index (χ4v) is 4.78. The number of furan rings is 1. The summed E-state index contributed by atoms with van der Waals surface area (Å²) in [4.78, 5) is 12.5. The van der Waals surface area contributed by atoms with Gasteiger partial charge in [-0.1, -0.05) is 49.0 Å². The summed E-state index contributed by atoms with van der Waals surface area (Å²) in [6.45, 7) is 2.88. The van der Waals surface area contributed by atoms with Crippen LogP contribution in [0.25, 0.3) is 11.6 Å². The Hall–Kier alpha value is -2.06. The number of carbonyl (C=O) groups is 1. The molecule has 0 atom stereocenters. The normalized spacial score (nSPS) is 19.0. The first-order valence-corrected chi connectivity index (χ1v) is 12.0. The Labute approximate surface area is 189 Å². The van der Waals surface area contributed by atoms with E-state index in [4.69, 9.17) is 4.42 Å². The standard InChI is InChI=1S/C22H25BrN4O2S/c1-15-7-9-17(10-8-15)24-20(28)14-30-22-26-25-21(18-11-12-19(23)29-18)27(22)13-16-5-3-2-4-6-16/h2-6,11-12,15,17H,7-10,13-14H2,1H3,(H,24,28). The van der Waals surface area contributed by atoms with E-state index >= 15 is 0 Å². The maximum absolute atomic E-state index is 12.5. The van der Waals surface area contributed by atoms with Crippen molar-refractivity contribution in [3.05, 3.63) is 52.7 Å². The van der Waals surface area contributed by atoms with E-state index in [1.54, 1.807) is 0 Å². The Balaban J connectivity index is 1.47. The molecule has 0 saturated heterocycles. The van der Waals surface area contributed by atoms with Crippen LogP contribution in [0.3, 0.4) is 0 Å². The maximum atomic E-state index is 12.5. The second-order valence-corrected chi connectivity index (χ2v) is 9.52. The molecule has 0 aliphatic heterocycles. The van der Waals surface area contributed by atoms with Crippen molar-refractivity contribution >= 4 is 33.6 Å². The average Bonchev–Trinajstić information content (AvgIpc) is 3.35. The lowest BCUT2D eigenvalue weighted by molar-refractivity contribution is -0.119. The van der Waals surface area contributed by atoms with Crippen LogP contribution < -0.4 is 5.32 Å². The number of rotatable bonds is 7. The summed E-state index contributed by atoms with van der Waals surface area (Å²) in [5.74, 6) is 2.42. The average molecular weight is 489 g/mol. The Kier molecular flexibility index (Phi) is 6.94. The third-order valence-corrected chi connectivity index (χ3v) is 6.80. The van der Waals surface area contributed by atoms with Crippen LogP contribution in [0.15, 0.2) is 56.7 Å². The second-order valence-electron chi connectivity index (χ2n) is 7.79. The second kappa shape index (κ2) is 9.83. The van der Waals surface area contributed by atoms with Crippen molar-refractivity contribution in [1.29, 1.82) is 0 Å². The van der Waals surface area contributed by atoms with Crippen LogP contribution in [-0.2, 0) is 11.3 Å². The number of nitrogens with one attached hydrogen (secondary N) is 1. The van der Waals surface area contributed by atoms with Gasteiger partial charge in [0.1, 0.15) is 0 Å². The third-order valence-electron chi connectivity index (χ3n) is 5.41. The summed E-state index contributed by atoms with van der Waals surface area (Å²) in [5.41, 5.74) is 1.13. The van der Waals surface area contributed by atoms with Gasteiger partial charge >= 0.3 is 0 Å². The number of carbonyl (C=O) groups excluding carboxylic acids is 1. The Morgan fingerprint density at radius 1 is 1.17 bits per heavy atom. The van der Waals surface area contributed by atoms with Crippen molar-refractivity contribution in [3.63, 3.8) is 0 Å². The van der Waals surface area contributed by atoms with Crippen LogP contribution in [0.5, 0.6) is 0 Å². The van der Waals surface area contributed by atoms with Crippen molar-refractivity contribution in [2.24, 2.45) is 5.92 Å². The van der Waals surface area contributed by atoms with Gasteiger partial charge in [-0.05, 0) is 65.2 Å². The molecule has 6 nitrogen and oxygen atoms in total. The summed E-state index contributed by atoms with van der Waals surface area (Å²) in [6.07, 6.45) is 4.51. The first kappa shape index (κ1) is 21.2. The van der Waals surface area contributed by atoms with E-state index in [0.29, 0.717) is 39.8 Å². The van der Waals surface area contributed by atoms with Crippen molar-refractivity contribution in [2.45, 2.75) is 50.4 Å². The van der Waals surface area contributed by atoms with Crippen molar-refractivity contribution in [2.75, 3.05) is 5.75 Å². The number of hydrogen-bond donors (Lipinski definition) is 1. The molecule has 8 heteroatoms. The maximum Gasteiger partial charge on any atom is 0.230 e. The van der Waals surface area contributed by atoms with E-state index in [1.165, 1.54) is 24.6 Å². The Morgan fingerprint density at radius 3 is 2.63 bits per heavy atom. The highest BCUT2D eigenvalue weighted by Gasteiger charge is 2.21. The molecule has 4 rings (SSSR count). The minimum atomic E-state index is 0.0520. The first-order valence-electron chi connectivity index (χ1n) is 10.2. The number of benzene rings is 1. The SMILES string of the molecule is CC1CCC(NC(=O)CSc2nnc(-c3ccc(Br)o3)n2Cc2ccccc2)CC1. The molecule has 2 heterocycles. The molecule has 0 bridgehead atoms. The monoisotopic (exact) mass is 488 g/mol. The molecular formula is C22H25BrN4O2S. The molecular weight excluding hydrogens is 464 g/mol. The van der Waals surface area contributed by atoms with Crippen molar-refractivity contribution in [1.82, 2.24) is 20.1 Å². The predicted molar refractivity (Wildman–Crippen MR) is 121 cm³/mol. The van der Waals surface area contributed by atoms with Crippen LogP contribution in [0.1, 0.15) is 38.2 Å². The van der Waals surface area contributed by atoms with Crippen molar-refractivity contribution in [3.8, 4) is 11.6 Å².